The van der Waals surface area contributed by atoms with Crippen molar-refractivity contribution in [3.63, 3.8) is 0 Å². The number of fused-ring (bicyclic) bond motifs is 1. The van der Waals surface area contributed by atoms with Crippen LogP contribution < -0.4 is 0 Å². The Kier molecular flexibility index (Phi) is 4.88. The predicted molar refractivity (Wildman–Crippen MR) is 86.4 cm³/mol. The van der Waals surface area contributed by atoms with Gasteiger partial charge < -0.3 is 9.84 Å². The summed E-state index contributed by atoms with van der Waals surface area (Å²) in [5.74, 6) is -1.11. The highest BCUT2D eigenvalue weighted by molar-refractivity contribution is 6.52. The maximum atomic E-state index is 12.2. The number of benzene rings is 1. The molecule has 0 aromatic heterocycles. The average molecular weight is 315 g/mol. The minimum Gasteiger partial charge on any atom is -0.507 e. The molecule has 1 aromatic rings. The van der Waals surface area contributed by atoms with Crippen molar-refractivity contribution < 1.29 is 19.4 Å². The second-order valence-electron chi connectivity index (χ2n) is 5.94. The molecule has 0 unspecified atom stereocenters. The van der Waals surface area contributed by atoms with E-state index in [1.54, 1.807) is 24.3 Å². The number of allylic oxidation sites excluding steroid dienone is 1. The fraction of sp³-hybridized carbons (Fsp3) is 0.444. The first-order chi connectivity index (χ1) is 11.2. The molecule has 0 saturated carbocycles. The normalized spacial score (nSPS) is 19.1. The summed E-state index contributed by atoms with van der Waals surface area (Å²) in [7, 11) is 0. The number of hydrogen-bond donors (Lipinski definition) is 1. The van der Waals surface area contributed by atoms with Crippen LogP contribution in [0.1, 0.15) is 35.2 Å². The molecule has 0 radical (unpaired) electrons. The standard InChI is InChI=1S/C18H21NO4/c20-16-13-5-1-2-6-14(13)17(21)18(22)15(16)7-3-4-8-19-9-11-23-12-10-19/h1-2,5-6,20H,3-4,7-12H2. The van der Waals surface area contributed by atoms with Crippen molar-refractivity contribution in [3.8, 4) is 0 Å². The van der Waals surface area contributed by atoms with Crippen molar-refractivity contribution in [1.82, 2.24) is 4.90 Å². The number of aliphatic hydroxyl groups is 1. The van der Waals surface area contributed by atoms with Gasteiger partial charge in [0.25, 0.3) is 0 Å². The molecular formula is C18H21NO4. The number of unbranched alkanes of at least 4 members (excludes halogenated alkanes) is 1. The number of rotatable bonds is 5. The third kappa shape index (κ3) is 3.35. The fourth-order valence-electron chi connectivity index (χ4n) is 3.11. The molecule has 1 saturated heterocycles. The number of morpholine rings is 1. The lowest BCUT2D eigenvalue weighted by Gasteiger charge is -2.26. The number of ether oxygens (including phenoxy) is 1. The largest absolute Gasteiger partial charge is 0.507 e. The molecular weight excluding hydrogens is 294 g/mol. The van der Waals surface area contributed by atoms with Gasteiger partial charge in [-0.15, -0.1) is 0 Å². The van der Waals surface area contributed by atoms with Crippen molar-refractivity contribution in [1.29, 1.82) is 0 Å². The quantitative estimate of drug-likeness (QED) is 0.666. The van der Waals surface area contributed by atoms with E-state index in [1.807, 2.05) is 0 Å². The number of Topliss-reactive ketones (excluding diaryl/α,β-unsaturated/α-hetero) is 2. The monoisotopic (exact) mass is 315 g/mol. The van der Waals surface area contributed by atoms with E-state index in [4.69, 9.17) is 4.74 Å². The van der Waals surface area contributed by atoms with Crippen LogP contribution in [0.25, 0.3) is 5.76 Å². The minimum absolute atomic E-state index is 0.0310. The van der Waals surface area contributed by atoms with E-state index >= 15 is 0 Å². The van der Waals surface area contributed by atoms with Crippen LogP contribution in [0.4, 0.5) is 0 Å². The van der Waals surface area contributed by atoms with E-state index in [-0.39, 0.29) is 11.3 Å². The van der Waals surface area contributed by atoms with Gasteiger partial charge in [-0.2, -0.15) is 0 Å². The zero-order valence-electron chi connectivity index (χ0n) is 13.1. The molecule has 1 aliphatic carbocycles. The van der Waals surface area contributed by atoms with Gasteiger partial charge in [0.15, 0.2) is 0 Å². The lowest BCUT2D eigenvalue weighted by molar-refractivity contribution is -0.112. The maximum Gasteiger partial charge on any atom is 0.234 e. The molecule has 122 valence electrons. The van der Waals surface area contributed by atoms with E-state index in [0.29, 0.717) is 17.5 Å². The van der Waals surface area contributed by atoms with Crippen LogP contribution in [-0.2, 0) is 9.53 Å². The summed E-state index contributed by atoms with van der Waals surface area (Å²) < 4.78 is 5.31. The smallest absolute Gasteiger partial charge is 0.234 e. The Bertz CT molecular complexity index is 644. The van der Waals surface area contributed by atoms with Crippen LogP contribution in [0, 0.1) is 0 Å². The molecule has 0 spiro atoms. The summed E-state index contributed by atoms with van der Waals surface area (Å²) in [6, 6.07) is 6.72. The molecule has 1 N–H and O–H groups in total. The van der Waals surface area contributed by atoms with Crippen LogP contribution >= 0.6 is 0 Å². The average Bonchev–Trinajstić information content (AvgIpc) is 2.60. The van der Waals surface area contributed by atoms with Gasteiger partial charge in [0.2, 0.25) is 11.6 Å². The van der Waals surface area contributed by atoms with Crippen molar-refractivity contribution in [2.45, 2.75) is 19.3 Å². The second kappa shape index (κ2) is 7.06. The molecule has 1 fully saturated rings. The second-order valence-corrected chi connectivity index (χ2v) is 5.94. The number of carbonyl (C=O) groups excluding carboxylic acids is 2. The van der Waals surface area contributed by atoms with Gasteiger partial charge in [-0.1, -0.05) is 24.3 Å². The Morgan fingerprint density at radius 2 is 1.70 bits per heavy atom. The van der Waals surface area contributed by atoms with Crippen molar-refractivity contribution >= 4 is 17.3 Å². The van der Waals surface area contributed by atoms with E-state index in [2.05, 4.69) is 4.90 Å². The molecule has 1 heterocycles. The highest BCUT2D eigenvalue weighted by atomic mass is 16.5. The lowest BCUT2D eigenvalue weighted by Crippen LogP contribution is -2.36. The van der Waals surface area contributed by atoms with Crippen LogP contribution in [0.2, 0.25) is 0 Å². The van der Waals surface area contributed by atoms with Gasteiger partial charge in [0.05, 0.1) is 13.2 Å². The van der Waals surface area contributed by atoms with Gasteiger partial charge in [-0.25, -0.2) is 0 Å². The van der Waals surface area contributed by atoms with E-state index in [1.165, 1.54) is 0 Å². The molecule has 0 bridgehead atoms. The number of nitrogens with zero attached hydrogens (tertiary/aromatic N) is 1. The highest BCUT2D eigenvalue weighted by Gasteiger charge is 2.31. The molecule has 5 heteroatoms. The molecule has 1 aliphatic heterocycles. The number of carbonyl (C=O) groups is 2. The lowest BCUT2D eigenvalue weighted by atomic mass is 9.86. The summed E-state index contributed by atoms with van der Waals surface area (Å²) in [5.41, 5.74) is 1.03. The zero-order chi connectivity index (χ0) is 16.2. The van der Waals surface area contributed by atoms with E-state index in [0.717, 1.165) is 45.7 Å². The molecule has 0 atom stereocenters. The summed E-state index contributed by atoms with van der Waals surface area (Å²) >= 11 is 0. The third-order valence-corrected chi connectivity index (χ3v) is 4.45. The molecule has 23 heavy (non-hydrogen) atoms. The molecule has 2 aliphatic rings. The van der Waals surface area contributed by atoms with E-state index in [9.17, 15) is 14.7 Å². The fourth-order valence-corrected chi connectivity index (χ4v) is 3.11. The van der Waals surface area contributed by atoms with Crippen LogP contribution in [0.3, 0.4) is 0 Å². The van der Waals surface area contributed by atoms with Crippen molar-refractivity contribution in [3.05, 3.63) is 41.0 Å². The maximum absolute atomic E-state index is 12.2. The Balaban J connectivity index is 1.62. The van der Waals surface area contributed by atoms with Crippen molar-refractivity contribution in [2.24, 2.45) is 0 Å². The van der Waals surface area contributed by atoms with Crippen LogP contribution in [-0.4, -0.2) is 54.4 Å². The van der Waals surface area contributed by atoms with Crippen molar-refractivity contribution in [2.75, 3.05) is 32.8 Å². The summed E-state index contributed by atoms with van der Waals surface area (Å²) in [5, 5.41) is 10.3. The summed E-state index contributed by atoms with van der Waals surface area (Å²) in [6.45, 7) is 4.39. The highest BCUT2D eigenvalue weighted by Crippen LogP contribution is 2.30. The minimum atomic E-state index is -0.562. The third-order valence-electron chi connectivity index (χ3n) is 4.45. The predicted octanol–water partition coefficient (Wildman–Crippen LogP) is 2.22. The molecule has 5 nitrogen and oxygen atoms in total. The topological polar surface area (TPSA) is 66.8 Å². The van der Waals surface area contributed by atoms with Gasteiger partial charge in [0.1, 0.15) is 5.76 Å². The van der Waals surface area contributed by atoms with Gasteiger partial charge in [0, 0.05) is 29.8 Å². The van der Waals surface area contributed by atoms with Crippen LogP contribution in [0.15, 0.2) is 29.8 Å². The molecule has 3 rings (SSSR count). The first-order valence-electron chi connectivity index (χ1n) is 8.09. The number of hydrogen-bond acceptors (Lipinski definition) is 5. The summed E-state index contributed by atoms with van der Waals surface area (Å²) in [6.07, 6.45) is 2.15. The summed E-state index contributed by atoms with van der Waals surface area (Å²) in [4.78, 5) is 26.7. The number of ketones is 2. The zero-order valence-corrected chi connectivity index (χ0v) is 13.1. The van der Waals surface area contributed by atoms with Gasteiger partial charge in [-0.05, 0) is 25.8 Å². The molecule has 1 aromatic carbocycles. The van der Waals surface area contributed by atoms with Gasteiger partial charge >= 0.3 is 0 Å². The SMILES string of the molecule is O=C1C(=O)c2ccccc2C(O)=C1CCCCN1CCOCC1. The van der Waals surface area contributed by atoms with Crippen LogP contribution in [0.5, 0.6) is 0 Å². The van der Waals surface area contributed by atoms with Gasteiger partial charge in [-0.3, -0.25) is 14.5 Å². The Morgan fingerprint density at radius 3 is 2.43 bits per heavy atom. The number of aliphatic hydroxyl groups excluding tert-OH is 1. The Labute approximate surface area is 135 Å². The molecule has 0 amide bonds. The Hall–Kier alpha value is -1.98. The van der Waals surface area contributed by atoms with E-state index < -0.39 is 11.6 Å². The first-order valence-corrected chi connectivity index (χ1v) is 8.09. The first kappa shape index (κ1) is 15.9. The Morgan fingerprint density at radius 1 is 1.00 bits per heavy atom.